The minimum absolute atomic E-state index is 0.155. The predicted octanol–water partition coefficient (Wildman–Crippen LogP) is 1.07. The van der Waals surface area contributed by atoms with E-state index in [0.717, 1.165) is 5.56 Å². The summed E-state index contributed by atoms with van der Waals surface area (Å²) in [6.45, 7) is 3.96. The summed E-state index contributed by atoms with van der Waals surface area (Å²) in [5, 5.41) is 0. The molecule has 2 rings (SSSR count). The first-order valence-electron chi connectivity index (χ1n) is 6.72. The molecule has 7 heteroatoms. The number of hydrogen-bond donors (Lipinski definition) is 1. The number of aryl methyl sites for hydroxylation is 1. The Morgan fingerprint density at radius 2 is 2.05 bits per heavy atom. The predicted molar refractivity (Wildman–Crippen MR) is 79.2 cm³/mol. The number of hydrogen-bond acceptors (Lipinski definition) is 5. The summed E-state index contributed by atoms with van der Waals surface area (Å²) in [5.74, 6) is -0.764. The SMILES string of the molecule is COC(=O)C1CCN(S(=O)(=O)c2cc(C)cc(N)c2C)C1. The van der Waals surface area contributed by atoms with Crippen molar-refractivity contribution in [2.75, 3.05) is 25.9 Å². The van der Waals surface area contributed by atoms with Crippen molar-refractivity contribution >= 4 is 21.7 Å². The van der Waals surface area contributed by atoms with Gasteiger partial charge in [0.2, 0.25) is 10.0 Å². The average molecular weight is 312 g/mol. The number of carbonyl (C=O) groups excluding carboxylic acids is 1. The lowest BCUT2D eigenvalue weighted by Crippen LogP contribution is -2.31. The molecule has 1 aliphatic heterocycles. The van der Waals surface area contributed by atoms with E-state index in [2.05, 4.69) is 4.74 Å². The molecule has 1 atom stereocenters. The molecule has 1 saturated heterocycles. The molecule has 1 heterocycles. The van der Waals surface area contributed by atoms with Gasteiger partial charge in [-0.2, -0.15) is 4.31 Å². The van der Waals surface area contributed by atoms with Gasteiger partial charge in [-0.15, -0.1) is 0 Å². The number of anilines is 1. The summed E-state index contributed by atoms with van der Waals surface area (Å²) < 4.78 is 31.5. The van der Waals surface area contributed by atoms with Crippen LogP contribution in [0.5, 0.6) is 0 Å². The third-order valence-electron chi connectivity index (χ3n) is 3.85. The number of nitrogen functional groups attached to an aromatic ring is 1. The summed E-state index contributed by atoms with van der Waals surface area (Å²) in [4.78, 5) is 11.7. The standard InChI is InChI=1S/C14H20N2O4S/c1-9-6-12(15)10(2)13(7-9)21(18,19)16-5-4-11(8-16)14(17)20-3/h6-7,11H,4-5,8,15H2,1-3H3. The third kappa shape index (κ3) is 2.89. The van der Waals surface area contributed by atoms with Crippen molar-refractivity contribution in [3.05, 3.63) is 23.3 Å². The summed E-state index contributed by atoms with van der Waals surface area (Å²) in [5.41, 5.74) is 7.65. The number of carbonyl (C=O) groups is 1. The van der Waals surface area contributed by atoms with Gasteiger partial charge >= 0.3 is 5.97 Å². The van der Waals surface area contributed by atoms with Crippen LogP contribution in [0.1, 0.15) is 17.5 Å². The van der Waals surface area contributed by atoms with Crippen molar-refractivity contribution < 1.29 is 17.9 Å². The Kier molecular flexibility index (Phi) is 4.25. The lowest BCUT2D eigenvalue weighted by atomic mass is 10.1. The van der Waals surface area contributed by atoms with E-state index in [9.17, 15) is 13.2 Å². The van der Waals surface area contributed by atoms with E-state index in [1.165, 1.54) is 11.4 Å². The molecule has 0 aliphatic carbocycles. The van der Waals surface area contributed by atoms with Crippen LogP contribution >= 0.6 is 0 Å². The maximum absolute atomic E-state index is 12.7. The van der Waals surface area contributed by atoms with Crippen molar-refractivity contribution in [1.82, 2.24) is 4.31 Å². The van der Waals surface area contributed by atoms with Gasteiger partial charge in [0, 0.05) is 18.8 Å². The number of sulfonamides is 1. The van der Waals surface area contributed by atoms with Crippen LogP contribution in [-0.2, 0) is 19.6 Å². The Balaban J connectivity index is 2.34. The smallest absolute Gasteiger partial charge is 0.310 e. The summed E-state index contributed by atoms with van der Waals surface area (Å²) >= 11 is 0. The fraction of sp³-hybridized carbons (Fsp3) is 0.500. The molecule has 2 N–H and O–H groups in total. The molecule has 0 radical (unpaired) electrons. The quantitative estimate of drug-likeness (QED) is 0.666. The second kappa shape index (κ2) is 5.65. The minimum atomic E-state index is -3.64. The van der Waals surface area contributed by atoms with Crippen LogP contribution in [0.2, 0.25) is 0 Å². The average Bonchev–Trinajstić information content (AvgIpc) is 2.92. The molecular formula is C14H20N2O4S. The van der Waals surface area contributed by atoms with Gasteiger partial charge in [-0.1, -0.05) is 0 Å². The zero-order valence-corrected chi connectivity index (χ0v) is 13.2. The molecule has 1 fully saturated rings. The molecule has 0 bridgehead atoms. The molecule has 1 unspecified atom stereocenters. The summed E-state index contributed by atoms with van der Waals surface area (Å²) in [6.07, 6.45) is 0.478. The van der Waals surface area contributed by atoms with E-state index in [1.54, 1.807) is 26.0 Å². The van der Waals surface area contributed by atoms with Gasteiger partial charge in [-0.05, 0) is 43.5 Å². The molecule has 0 saturated carbocycles. The Hall–Kier alpha value is -1.60. The number of benzene rings is 1. The van der Waals surface area contributed by atoms with E-state index in [0.29, 0.717) is 24.2 Å². The van der Waals surface area contributed by atoms with Gasteiger partial charge < -0.3 is 10.5 Å². The summed E-state index contributed by atoms with van der Waals surface area (Å²) in [7, 11) is -2.33. The van der Waals surface area contributed by atoms with Gasteiger partial charge in [-0.3, -0.25) is 4.79 Å². The zero-order valence-electron chi connectivity index (χ0n) is 12.4. The van der Waals surface area contributed by atoms with Crippen LogP contribution in [0.4, 0.5) is 5.69 Å². The molecule has 0 spiro atoms. The van der Waals surface area contributed by atoms with Gasteiger partial charge in [0.05, 0.1) is 17.9 Å². The highest BCUT2D eigenvalue weighted by atomic mass is 32.2. The van der Waals surface area contributed by atoms with Gasteiger partial charge in [-0.25, -0.2) is 8.42 Å². The largest absolute Gasteiger partial charge is 0.469 e. The monoisotopic (exact) mass is 312 g/mol. The lowest BCUT2D eigenvalue weighted by Gasteiger charge is -2.19. The molecule has 1 aromatic rings. The Bertz CT molecular complexity index is 670. The first-order valence-corrected chi connectivity index (χ1v) is 8.16. The molecule has 21 heavy (non-hydrogen) atoms. The fourth-order valence-electron chi connectivity index (χ4n) is 2.57. The van der Waals surface area contributed by atoms with Crippen LogP contribution in [0.25, 0.3) is 0 Å². The highest BCUT2D eigenvalue weighted by Gasteiger charge is 2.37. The number of nitrogens with zero attached hydrogens (tertiary/aromatic N) is 1. The van der Waals surface area contributed by atoms with Gasteiger partial charge in [0.25, 0.3) is 0 Å². The van der Waals surface area contributed by atoms with Crippen LogP contribution in [0.15, 0.2) is 17.0 Å². The van der Waals surface area contributed by atoms with E-state index in [4.69, 9.17) is 5.73 Å². The molecule has 1 aromatic carbocycles. The Morgan fingerprint density at radius 3 is 2.67 bits per heavy atom. The normalized spacial score (nSPS) is 19.7. The van der Waals surface area contributed by atoms with Crippen LogP contribution < -0.4 is 5.73 Å². The van der Waals surface area contributed by atoms with Crippen molar-refractivity contribution in [3.63, 3.8) is 0 Å². The van der Waals surface area contributed by atoms with E-state index < -0.39 is 15.9 Å². The topological polar surface area (TPSA) is 89.7 Å². The van der Waals surface area contributed by atoms with E-state index in [-0.39, 0.29) is 17.4 Å². The fourth-order valence-corrected chi connectivity index (χ4v) is 4.40. The van der Waals surface area contributed by atoms with Crippen molar-refractivity contribution in [1.29, 1.82) is 0 Å². The molecule has 6 nitrogen and oxygen atoms in total. The van der Waals surface area contributed by atoms with Crippen LogP contribution in [0.3, 0.4) is 0 Å². The first kappa shape index (κ1) is 15.8. The van der Waals surface area contributed by atoms with Crippen LogP contribution in [0, 0.1) is 19.8 Å². The second-order valence-corrected chi connectivity index (χ2v) is 7.26. The van der Waals surface area contributed by atoms with Crippen molar-refractivity contribution in [2.45, 2.75) is 25.2 Å². The zero-order chi connectivity index (χ0) is 15.8. The molecule has 116 valence electrons. The second-order valence-electron chi connectivity index (χ2n) is 5.35. The Labute approximate surface area is 124 Å². The molecule has 0 aromatic heterocycles. The number of rotatable bonds is 3. The number of ether oxygens (including phenoxy) is 1. The van der Waals surface area contributed by atoms with Gasteiger partial charge in [0.15, 0.2) is 0 Å². The maximum atomic E-state index is 12.7. The first-order chi connectivity index (χ1) is 9.77. The molecule has 0 amide bonds. The van der Waals surface area contributed by atoms with Crippen molar-refractivity contribution in [2.24, 2.45) is 5.92 Å². The van der Waals surface area contributed by atoms with E-state index in [1.807, 2.05) is 0 Å². The maximum Gasteiger partial charge on any atom is 0.310 e. The highest BCUT2D eigenvalue weighted by molar-refractivity contribution is 7.89. The Morgan fingerprint density at radius 1 is 1.38 bits per heavy atom. The number of nitrogens with two attached hydrogens (primary N) is 1. The van der Waals surface area contributed by atoms with E-state index >= 15 is 0 Å². The third-order valence-corrected chi connectivity index (χ3v) is 5.84. The highest BCUT2D eigenvalue weighted by Crippen LogP contribution is 2.29. The minimum Gasteiger partial charge on any atom is -0.469 e. The van der Waals surface area contributed by atoms with Gasteiger partial charge in [0.1, 0.15) is 0 Å². The molecular weight excluding hydrogens is 292 g/mol. The lowest BCUT2D eigenvalue weighted by molar-refractivity contribution is -0.144. The van der Waals surface area contributed by atoms with Crippen LogP contribution in [-0.4, -0.2) is 38.9 Å². The number of esters is 1. The summed E-state index contributed by atoms with van der Waals surface area (Å²) in [6, 6.07) is 3.36. The van der Waals surface area contributed by atoms with Crippen molar-refractivity contribution in [3.8, 4) is 0 Å². The molecule has 1 aliphatic rings. The number of methoxy groups -OCH3 is 1.